The van der Waals surface area contributed by atoms with Gasteiger partial charge in [-0.15, -0.1) is 5.10 Å². The van der Waals surface area contributed by atoms with Crippen LogP contribution in [0.15, 0.2) is 29.3 Å². The van der Waals surface area contributed by atoms with E-state index in [2.05, 4.69) is 15.3 Å². The van der Waals surface area contributed by atoms with Crippen LogP contribution in [-0.4, -0.2) is 48.4 Å². The number of hydrogen-bond donors (Lipinski definition) is 0. The molecule has 0 saturated heterocycles. The first-order valence-electron chi connectivity index (χ1n) is 8.62. The van der Waals surface area contributed by atoms with Gasteiger partial charge in [-0.05, 0) is 51.0 Å². The molecular weight excluding hydrogens is 332 g/mol. The minimum absolute atomic E-state index is 0.0556. The fraction of sp³-hybridized carbons (Fsp3) is 0.389. The second-order valence-electron chi connectivity index (χ2n) is 6.19. The Kier molecular flexibility index (Phi) is 4.83. The van der Waals surface area contributed by atoms with Crippen molar-refractivity contribution in [3.05, 3.63) is 46.0 Å². The van der Waals surface area contributed by atoms with Gasteiger partial charge in [0.05, 0.1) is 5.69 Å². The van der Waals surface area contributed by atoms with Crippen LogP contribution in [0.2, 0.25) is 0 Å². The lowest BCUT2D eigenvalue weighted by Crippen LogP contribution is -2.36. The van der Waals surface area contributed by atoms with Crippen LogP contribution in [0.1, 0.15) is 25.0 Å². The van der Waals surface area contributed by atoms with E-state index in [1.54, 1.807) is 9.58 Å². The van der Waals surface area contributed by atoms with Crippen molar-refractivity contribution >= 4 is 17.1 Å². The number of nitrogens with zero attached hydrogens (tertiary/aromatic N) is 6. The molecule has 0 aliphatic heterocycles. The fourth-order valence-electron chi connectivity index (χ4n) is 2.81. The molecule has 1 aromatic carbocycles. The number of carbonyl (C=O) groups is 1. The Bertz CT molecular complexity index is 1020. The Morgan fingerprint density at radius 1 is 1.15 bits per heavy atom. The number of likely N-dealkylation sites (N-methyl/N-ethyl adjacent to an activating group) is 1. The van der Waals surface area contributed by atoms with Crippen LogP contribution in [0.3, 0.4) is 0 Å². The maximum Gasteiger partial charge on any atom is 0.284 e. The van der Waals surface area contributed by atoms with Crippen molar-refractivity contribution < 1.29 is 4.79 Å². The lowest BCUT2D eigenvalue weighted by Gasteiger charge is -2.18. The number of hydrogen-bond acceptors (Lipinski definition) is 5. The topological polar surface area (TPSA) is 85.9 Å². The van der Waals surface area contributed by atoms with E-state index in [-0.39, 0.29) is 23.5 Å². The van der Waals surface area contributed by atoms with Gasteiger partial charge < -0.3 is 4.90 Å². The Balaban J connectivity index is 2.00. The van der Waals surface area contributed by atoms with E-state index in [1.165, 1.54) is 16.5 Å². The molecule has 0 bridgehead atoms. The summed E-state index contributed by atoms with van der Waals surface area (Å²) in [4.78, 5) is 30.9. The molecule has 0 atom stereocenters. The number of aryl methyl sites for hydroxylation is 2. The van der Waals surface area contributed by atoms with Gasteiger partial charge in [0.15, 0.2) is 11.2 Å². The summed E-state index contributed by atoms with van der Waals surface area (Å²) in [6.07, 6.45) is 1.38. The van der Waals surface area contributed by atoms with Gasteiger partial charge in [0.2, 0.25) is 5.91 Å². The van der Waals surface area contributed by atoms with Gasteiger partial charge >= 0.3 is 0 Å². The summed E-state index contributed by atoms with van der Waals surface area (Å²) in [6.45, 7) is 8.99. The Hall–Kier alpha value is -3.03. The molecule has 0 N–H and O–H groups in total. The van der Waals surface area contributed by atoms with Gasteiger partial charge in [0, 0.05) is 13.1 Å². The van der Waals surface area contributed by atoms with Crippen LogP contribution >= 0.6 is 0 Å². The maximum absolute atomic E-state index is 12.7. The van der Waals surface area contributed by atoms with Crippen LogP contribution in [0, 0.1) is 13.8 Å². The summed E-state index contributed by atoms with van der Waals surface area (Å²) < 4.78 is 2.82. The molecule has 136 valence electrons. The van der Waals surface area contributed by atoms with Crippen LogP contribution in [-0.2, 0) is 11.3 Å². The van der Waals surface area contributed by atoms with Crippen LogP contribution in [0.25, 0.3) is 16.9 Å². The normalized spacial score (nSPS) is 11.1. The monoisotopic (exact) mass is 354 g/mol. The minimum Gasteiger partial charge on any atom is -0.342 e. The summed E-state index contributed by atoms with van der Waals surface area (Å²) in [5.41, 5.74) is 3.24. The Morgan fingerprint density at radius 2 is 1.88 bits per heavy atom. The van der Waals surface area contributed by atoms with Crippen molar-refractivity contribution in [2.45, 2.75) is 34.2 Å². The largest absolute Gasteiger partial charge is 0.342 e. The van der Waals surface area contributed by atoms with E-state index in [0.29, 0.717) is 18.7 Å². The highest BCUT2D eigenvalue weighted by Gasteiger charge is 2.16. The van der Waals surface area contributed by atoms with Crippen molar-refractivity contribution in [1.82, 2.24) is 29.4 Å². The van der Waals surface area contributed by atoms with Crippen LogP contribution in [0.4, 0.5) is 0 Å². The van der Waals surface area contributed by atoms with Gasteiger partial charge in [0.25, 0.3) is 5.56 Å². The molecule has 0 unspecified atom stereocenters. The molecular formula is C18H22N6O2. The quantitative estimate of drug-likeness (QED) is 0.692. The van der Waals surface area contributed by atoms with Gasteiger partial charge in [-0.2, -0.15) is 4.68 Å². The third-order valence-corrected chi connectivity index (χ3v) is 4.59. The molecule has 8 heteroatoms. The molecule has 0 spiro atoms. The van der Waals surface area contributed by atoms with Crippen molar-refractivity contribution in [3.8, 4) is 5.69 Å². The zero-order valence-corrected chi connectivity index (χ0v) is 15.4. The molecule has 8 nitrogen and oxygen atoms in total. The van der Waals surface area contributed by atoms with Crippen molar-refractivity contribution in [2.75, 3.05) is 13.1 Å². The summed E-state index contributed by atoms with van der Waals surface area (Å²) in [7, 11) is 0. The molecule has 1 amide bonds. The summed E-state index contributed by atoms with van der Waals surface area (Å²) in [5.74, 6) is -0.125. The first kappa shape index (κ1) is 17.8. The molecule has 26 heavy (non-hydrogen) atoms. The number of benzene rings is 1. The first-order chi connectivity index (χ1) is 12.5. The van der Waals surface area contributed by atoms with E-state index in [1.807, 2.05) is 45.9 Å². The van der Waals surface area contributed by atoms with Crippen molar-refractivity contribution in [2.24, 2.45) is 0 Å². The van der Waals surface area contributed by atoms with Crippen LogP contribution in [0.5, 0.6) is 0 Å². The second kappa shape index (κ2) is 7.07. The smallest absolute Gasteiger partial charge is 0.284 e. The Morgan fingerprint density at radius 3 is 2.54 bits per heavy atom. The van der Waals surface area contributed by atoms with Crippen molar-refractivity contribution in [3.63, 3.8) is 0 Å². The zero-order chi connectivity index (χ0) is 18.8. The van der Waals surface area contributed by atoms with Crippen LogP contribution < -0.4 is 5.56 Å². The number of fused-ring (bicyclic) bond motifs is 1. The van der Waals surface area contributed by atoms with E-state index in [9.17, 15) is 9.59 Å². The predicted molar refractivity (Wildman–Crippen MR) is 98.3 cm³/mol. The summed E-state index contributed by atoms with van der Waals surface area (Å²) >= 11 is 0. The van der Waals surface area contributed by atoms with Crippen molar-refractivity contribution in [1.29, 1.82) is 0 Å². The number of aromatic nitrogens is 5. The summed E-state index contributed by atoms with van der Waals surface area (Å²) in [6, 6.07) is 5.87. The van der Waals surface area contributed by atoms with E-state index in [0.717, 1.165) is 11.3 Å². The van der Waals surface area contributed by atoms with Gasteiger partial charge in [-0.3, -0.25) is 14.2 Å². The molecule has 2 heterocycles. The molecule has 3 aromatic rings. The van der Waals surface area contributed by atoms with Gasteiger partial charge in [-0.25, -0.2) is 4.98 Å². The molecule has 0 saturated carbocycles. The predicted octanol–water partition coefficient (Wildman–Crippen LogP) is 1.46. The third-order valence-electron chi connectivity index (χ3n) is 4.59. The highest BCUT2D eigenvalue weighted by atomic mass is 16.2. The molecule has 0 fully saturated rings. The second-order valence-corrected chi connectivity index (χ2v) is 6.19. The van der Waals surface area contributed by atoms with E-state index in [4.69, 9.17) is 0 Å². The van der Waals surface area contributed by atoms with E-state index >= 15 is 0 Å². The standard InChI is InChI=1S/C18H22N6O2/c1-5-22(6-2)15(25)10-23-11-19-17-16(18(23)26)20-21-24(17)14-8-7-12(3)13(4)9-14/h7-9,11H,5-6,10H2,1-4H3. The maximum atomic E-state index is 12.7. The third kappa shape index (κ3) is 3.10. The SMILES string of the molecule is CCN(CC)C(=O)Cn1cnc2c(nnn2-c2ccc(C)c(C)c2)c1=O. The number of carbonyl (C=O) groups excluding carboxylic acids is 1. The number of amides is 1. The average molecular weight is 354 g/mol. The molecule has 0 radical (unpaired) electrons. The molecule has 2 aromatic heterocycles. The lowest BCUT2D eigenvalue weighted by molar-refractivity contribution is -0.131. The lowest BCUT2D eigenvalue weighted by atomic mass is 10.1. The fourth-order valence-corrected chi connectivity index (χ4v) is 2.81. The van der Waals surface area contributed by atoms with Gasteiger partial charge in [-0.1, -0.05) is 11.3 Å². The molecule has 0 aliphatic rings. The highest BCUT2D eigenvalue weighted by Crippen LogP contribution is 2.16. The molecule has 3 rings (SSSR count). The highest BCUT2D eigenvalue weighted by molar-refractivity contribution is 5.76. The zero-order valence-electron chi connectivity index (χ0n) is 15.4. The molecule has 0 aliphatic carbocycles. The Labute approximate surface area is 151 Å². The van der Waals surface area contributed by atoms with Gasteiger partial charge in [0.1, 0.15) is 12.9 Å². The first-order valence-corrected chi connectivity index (χ1v) is 8.62. The number of rotatable bonds is 5. The summed E-state index contributed by atoms with van der Waals surface area (Å²) in [5, 5.41) is 8.07. The van der Waals surface area contributed by atoms with E-state index < -0.39 is 0 Å². The minimum atomic E-state index is -0.370. The average Bonchev–Trinajstić information content (AvgIpc) is 3.05.